The summed E-state index contributed by atoms with van der Waals surface area (Å²) in [5.74, 6) is 0.332. The van der Waals surface area contributed by atoms with Crippen LogP contribution in [0.25, 0.3) is 0 Å². The third-order valence-corrected chi connectivity index (χ3v) is 2.95. The number of aromatic nitrogens is 1. The predicted octanol–water partition coefficient (Wildman–Crippen LogP) is 2.81. The molecule has 2 heterocycles. The SMILES string of the molecule is CC(C)(C)OC(=O)N1CC[C@H](c2ccccn2)C1. The molecule has 1 fully saturated rings. The molecular weight excluding hydrogens is 228 g/mol. The molecule has 0 unspecified atom stereocenters. The fourth-order valence-corrected chi connectivity index (χ4v) is 2.11. The van der Waals surface area contributed by atoms with Crippen LogP contribution in [-0.4, -0.2) is 34.7 Å². The third kappa shape index (κ3) is 3.22. The molecule has 0 spiro atoms. The maximum absolute atomic E-state index is 11.9. The summed E-state index contributed by atoms with van der Waals surface area (Å²) in [5.41, 5.74) is 0.628. The van der Waals surface area contributed by atoms with Crippen LogP contribution in [0.4, 0.5) is 4.79 Å². The van der Waals surface area contributed by atoms with E-state index in [0.29, 0.717) is 12.5 Å². The lowest BCUT2D eigenvalue weighted by Gasteiger charge is -2.24. The van der Waals surface area contributed by atoms with E-state index in [9.17, 15) is 4.79 Å². The van der Waals surface area contributed by atoms with Crippen LogP contribution in [0.15, 0.2) is 24.4 Å². The number of amides is 1. The van der Waals surface area contributed by atoms with Crippen molar-refractivity contribution in [1.82, 2.24) is 9.88 Å². The van der Waals surface area contributed by atoms with Crippen LogP contribution in [0.5, 0.6) is 0 Å². The number of rotatable bonds is 1. The molecule has 0 radical (unpaired) electrons. The Morgan fingerprint density at radius 3 is 2.83 bits per heavy atom. The van der Waals surface area contributed by atoms with Gasteiger partial charge in [0.2, 0.25) is 0 Å². The van der Waals surface area contributed by atoms with Crippen LogP contribution < -0.4 is 0 Å². The average Bonchev–Trinajstić information content (AvgIpc) is 2.77. The maximum Gasteiger partial charge on any atom is 0.410 e. The van der Waals surface area contributed by atoms with E-state index < -0.39 is 5.60 Å². The van der Waals surface area contributed by atoms with Gasteiger partial charge in [-0.2, -0.15) is 0 Å². The number of nitrogens with zero attached hydrogens (tertiary/aromatic N) is 2. The number of hydrogen-bond donors (Lipinski definition) is 0. The lowest BCUT2D eigenvalue weighted by molar-refractivity contribution is 0.0292. The van der Waals surface area contributed by atoms with Crippen molar-refractivity contribution in [2.45, 2.75) is 38.7 Å². The molecular formula is C14H20N2O2. The van der Waals surface area contributed by atoms with E-state index in [4.69, 9.17) is 4.74 Å². The molecule has 0 N–H and O–H groups in total. The zero-order valence-electron chi connectivity index (χ0n) is 11.2. The third-order valence-electron chi connectivity index (χ3n) is 2.95. The van der Waals surface area contributed by atoms with E-state index >= 15 is 0 Å². The van der Waals surface area contributed by atoms with E-state index in [1.54, 1.807) is 11.1 Å². The van der Waals surface area contributed by atoms with Crippen molar-refractivity contribution in [2.24, 2.45) is 0 Å². The van der Waals surface area contributed by atoms with Gasteiger partial charge in [-0.3, -0.25) is 4.98 Å². The van der Waals surface area contributed by atoms with Gasteiger partial charge in [-0.15, -0.1) is 0 Å². The molecule has 1 aromatic rings. The Labute approximate surface area is 108 Å². The van der Waals surface area contributed by atoms with Gasteiger partial charge in [-0.25, -0.2) is 4.79 Å². The van der Waals surface area contributed by atoms with E-state index in [2.05, 4.69) is 4.98 Å². The topological polar surface area (TPSA) is 42.4 Å². The van der Waals surface area contributed by atoms with Crippen molar-refractivity contribution < 1.29 is 9.53 Å². The first-order valence-corrected chi connectivity index (χ1v) is 6.34. The van der Waals surface area contributed by atoms with Gasteiger partial charge >= 0.3 is 6.09 Å². The summed E-state index contributed by atoms with van der Waals surface area (Å²) in [7, 11) is 0. The second-order valence-electron chi connectivity index (χ2n) is 5.67. The van der Waals surface area contributed by atoms with Gasteiger partial charge in [0.05, 0.1) is 0 Å². The molecule has 0 aromatic carbocycles. The Kier molecular flexibility index (Phi) is 3.55. The van der Waals surface area contributed by atoms with Crippen molar-refractivity contribution in [2.75, 3.05) is 13.1 Å². The van der Waals surface area contributed by atoms with Crippen molar-refractivity contribution in [1.29, 1.82) is 0 Å². The zero-order chi connectivity index (χ0) is 13.2. The van der Waals surface area contributed by atoms with Gasteiger partial charge in [-0.1, -0.05) is 6.07 Å². The molecule has 0 aliphatic carbocycles. The number of carbonyl (C=O) groups is 1. The van der Waals surface area contributed by atoms with Crippen molar-refractivity contribution >= 4 is 6.09 Å². The molecule has 4 heteroatoms. The number of likely N-dealkylation sites (tertiary alicyclic amines) is 1. The van der Waals surface area contributed by atoms with Crippen molar-refractivity contribution in [3.05, 3.63) is 30.1 Å². The standard InChI is InChI=1S/C14H20N2O2/c1-14(2,3)18-13(17)16-9-7-11(10-16)12-6-4-5-8-15-12/h4-6,8,11H,7,9-10H2,1-3H3/t11-/m0/s1. The van der Waals surface area contributed by atoms with Gasteiger partial charge in [0.15, 0.2) is 0 Å². The van der Waals surface area contributed by atoms with Gasteiger partial charge < -0.3 is 9.64 Å². The summed E-state index contributed by atoms with van der Waals surface area (Å²) < 4.78 is 5.37. The molecule has 1 aliphatic heterocycles. The van der Waals surface area contributed by atoms with Gasteiger partial charge in [0, 0.05) is 30.9 Å². The first kappa shape index (κ1) is 12.9. The van der Waals surface area contributed by atoms with E-state index in [1.807, 2.05) is 39.0 Å². The molecule has 18 heavy (non-hydrogen) atoms. The minimum absolute atomic E-state index is 0.221. The minimum atomic E-state index is -0.430. The summed E-state index contributed by atoms with van der Waals surface area (Å²) in [5, 5.41) is 0. The van der Waals surface area contributed by atoms with Gasteiger partial charge in [0.25, 0.3) is 0 Å². The Morgan fingerprint density at radius 2 is 2.22 bits per heavy atom. The van der Waals surface area contributed by atoms with Crippen LogP contribution in [0.1, 0.15) is 38.8 Å². The van der Waals surface area contributed by atoms with E-state index in [0.717, 1.165) is 18.7 Å². The Morgan fingerprint density at radius 1 is 1.44 bits per heavy atom. The zero-order valence-corrected chi connectivity index (χ0v) is 11.2. The predicted molar refractivity (Wildman–Crippen MR) is 69.4 cm³/mol. The largest absolute Gasteiger partial charge is 0.444 e. The Balaban J connectivity index is 1.95. The lowest BCUT2D eigenvalue weighted by Crippen LogP contribution is -2.35. The highest BCUT2D eigenvalue weighted by molar-refractivity contribution is 5.68. The summed E-state index contributed by atoms with van der Waals surface area (Å²) in [4.78, 5) is 18.0. The molecule has 1 aromatic heterocycles. The number of hydrogen-bond acceptors (Lipinski definition) is 3. The van der Waals surface area contributed by atoms with E-state index in [-0.39, 0.29) is 6.09 Å². The Hall–Kier alpha value is -1.58. The van der Waals surface area contributed by atoms with Crippen molar-refractivity contribution in [3.63, 3.8) is 0 Å². The average molecular weight is 248 g/mol. The monoisotopic (exact) mass is 248 g/mol. The van der Waals surface area contributed by atoms with Crippen LogP contribution >= 0.6 is 0 Å². The maximum atomic E-state index is 11.9. The number of ether oxygens (including phenoxy) is 1. The lowest BCUT2D eigenvalue weighted by atomic mass is 10.0. The molecule has 4 nitrogen and oxygen atoms in total. The van der Waals surface area contributed by atoms with Gasteiger partial charge in [-0.05, 0) is 39.3 Å². The van der Waals surface area contributed by atoms with Crippen molar-refractivity contribution in [3.8, 4) is 0 Å². The second kappa shape index (κ2) is 4.96. The molecule has 98 valence electrons. The molecule has 0 bridgehead atoms. The summed E-state index contributed by atoms with van der Waals surface area (Å²) in [6.07, 6.45) is 2.53. The second-order valence-corrected chi connectivity index (χ2v) is 5.67. The molecule has 1 atom stereocenters. The van der Waals surface area contributed by atoms with Gasteiger partial charge in [0.1, 0.15) is 5.60 Å². The number of carbonyl (C=O) groups excluding carboxylic acids is 1. The molecule has 1 aliphatic rings. The normalized spacial score (nSPS) is 19.9. The molecule has 1 amide bonds. The molecule has 1 saturated heterocycles. The van der Waals surface area contributed by atoms with E-state index in [1.165, 1.54) is 0 Å². The van der Waals surface area contributed by atoms with Crippen LogP contribution in [0.3, 0.4) is 0 Å². The summed E-state index contributed by atoms with van der Waals surface area (Å²) in [6, 6.07) is 5.91. The molecule has 2 rings (SSSR count). The summed E-state index contributed by atoms with van der Waals surface area (Å²) in [6.45, 7) is 7.10. The fourth-order valence-electron chi connectivity index (χ4n) is 2.11. The first-order chi connectivity index (χ1) is 8.46. The van der Waals surface area contributed by atoms with Crippen LogP contribution in [0.2, 0.25) is 0 Å². The first-order valence-electron chi connectivity index (χ1n) is 6.34. The minimum Gasteiger partial charge on any atom is -0.444 e. The smallest absolute Gasteiger partial charge is 0.410 e. The van der Waals surface area contributed by atoms with Crippen LogP contribution in [0, 0.1) is 0 Å². The molecule has 0 saturated carbocycles. The highest BCUT2D eigenvalue weighted by Crippen LogP contribution is 2.26. The number of pyridine rings is 1. The highest BCUT2D eigenvalue weighted by atomic mass is 16.6. The van der Waals surface area contributed by atoms with Crippen LogP contribution in [-0.2, 0) is 4.74 Å². The summed E-state index contributed by atoms with van der Waals surface area (Å²) >= 11 is 0. The quantitative estimate of drug-likeness (QED) is 0.767. The highest BCUT2D eigenvalue weighted by Gasteiger charge is 2.30. The Bertz CT molecular complexity index is 412. The fraction of sp³-hybridized carbons (Fsp3) is 0.571.